The third-order valence-corrected chi connectivity index (χ3v) is 18.5. The van der Waals surface area contributed by atoms with E-state index in [-0.39, 0.29) is 63.6 Å². The zero-order chi connectivity index (χ0) is 48.2. The van der Waals surface area contributed by atoms with E-state index in [2.05, 4.69) is 44.4 Å². The number of sulfone groups is 1. The molecule has 4 N–H and O–H groups in total. The molecule has 5 atom stereocenters. The number of nitrogens with zero attached hydrogens (tertiary/aromatic N) is 5. The van der Waals surface area contributed by atoms with Crippen molar-refractivity contribution in [2.45, 2.75) is 110 Å². The largest absolute Gasteiger partial charge is 0.489 e. The maximum Gasteiger partial charge on any atom is 0.297 e. The predicted octanol–water partition coefficient (Wildman–Crippen LogP) is 7.14. The maximum atomic E-state index is 16.1. The molecule has 0 radical (unpaired) electrons. The lowest BCUT2D eigenvalue weighted by Crippen LogP contribution is -2.55. The Hall–Kier alpha value is -5.99. The highest BCUT2D eigenvalue weighted by molar-refractivity contribution is 7.91. The molecule has 0 bridgehead atoms. The smallest absolute Gasteiger partial charge is 0.297 e. The van der Waals surface area contributed by atoms with Gasteiger partial charge in [0.25, 0.3) is 11.6 Å². The van der Waals surface area contributed by atoms with Gasteiger partial charge < -0.3 is 49.5 Å². The summed E-state index contributed by atoms with van der Waals surface area (Å²) in [6.45, 7) is 3.90. The fourth-order valence-electron chi connectivity index (χ4n) is 13.0. The Bertz CT molecular complexity index is 3050. The maximum absolute atomic E-state index is 16.1. The number of primary amides is 1. The molecule has 3 aromatic carbocycles. The number of likely N-dealkylation sites (tertiary alicyclic amines) is 1. The van der Waals surface area contributed by atoms with Crippen LogP contribution in [0.2, 0.25) is 0 Å². The van der Waals surface area contributed by atoms with Crippen molar-refractivity contribution in [2.24, 2.45) is 11.1 Å². The van der Waals surface area contributed by atoms with Crippen molar-refractivity contribution in [1.82, 2.24) is 14.9 Å². The van der Waals surface area contributed by atoms with Crippen molar-refractivity contribution in [1.29, 1.82) is 0 Å². The van der Waals surface area contributed by atoms with Crippen molar-refractivity contribution < 1.29 is 41.8 Å². The standard InChI is InChI=1S/C52H58N8O10S/c53-49(61)36-9-10-40(57-17-13-52(14-18-57)25-32(26-52)58-16-3-6-38(58)35-5-2-1-4-34(35)30-7-8-30)48(47(36)59-39-12-19-66-29-45(39)70-51-42(59)22-31-11-15-54-50(31)56-51)71(64,65)33-23-41(60(62)63)46-43(24-33)69-27-37(55-46)44-28-67-20-21-68-44/h1-2,4-5,9-11,15,22-24,30,32,37-39,44-45,55H,3,6-8,12-14,16-21,25-29H2,(H2,53,61)(H,54,56)/t37-,38-,39-,44+,45-/m0/s1. The molecule has 5 aromatic rings. The van der Waals surface area contributed by atoms with E-state index in [4.69, 9.17) is 34.4 Å². The normalized spacial score (nSPS) is 26.4. The highest BCUT2D eigenvalue weighted by Gasteiger charge is 2.52. The van der Waals surface area contributed by atoms with E-state index in [1.165, 1.54) is 42.9 Å². The first-order valence-electron chi connectivity index (χ1n) is 25.3. The number of pyridine rings is 1. The number of carbonyl (C=O) groups excluding carboxylic acids is 1. The number of hydrogen-bond donors (Lipinski definition) is 3. The zero-order valence-corrected chi connectivity index (χ0v) is 40.2. The fourth-order valence-corrected chi connectivity index (χ4v) is 14.7. The van der Waals surface area contributed by atoms with Gasteiger partial charge in [0.05, 0.1) is 65.3 Å². The van der Waals surface area contributed by atoms with Crippen LogP contribution in [0.25, 0.3) is 11.0 Å². The summed E-state index contributed by atoms with van der Waals surface area (Å²) in [6.07, 6.45) is 9.97. The van der Waals surface area contributed by atoms with Gasteiger partial charge in [0.2, 0.25) is 15.7 Å². The van der Waals surface area contributed by atoms with E-state index in [0.29, 0.717) is 74.4 Å². The average Bonchev–Trinajstić information content (AvgIpc) is 3.94. The highest BCUT2D eigenvalue weighted by atomic mass is 32.2. The van der Waals surface area contributed by atoms with Crippen molar-refractivity contribution >= 4 is 55.2 Å². The van der Waals surface area contributed by atoms with Gasteiger partial charge in [0.15, 0.2) is 11.4 Å². The molecule has 13 rings (SSSR count). The summed E-state index contributed by atoms with van der Waals surface area (Å²) < 4.78 is 62.4. The highest BCUT2D eigenvalue weighted by Crippen LogP contribution is 2.57. The fraction of sp³-hybridized carbons (Fsp3) is 0.500. The number of ether oxygens (including phenoxy) is 5. The molecule has 4 saturated heterocycles. The summed E-state index contributed by atoms with van der Waals surface area (Å²) in [4.78, 5) is 40.5. The summed E-state index contributed by atoms with van der Waals surface area (Å²) in [7, 11) is -4.78. The number of H-pyrrole nitrogens is 1. The summed E-state index contributed by atoms with van der Waals surface area (Å²) in [6, 6.07) is 18.5. The Morgan fingerprint density at radius 2 is 1.69 bits per heavy atom. The number of anilines is 4. The van der Waals surface area contributed by atoms with E-state index < -0.39 is 50.6 Å². The third kappa shape index (κ3) is 7.68. The van der Waals surface area contributed by atoms with Gasteiger partial charge in [-0.3, -0.25) is 19.8 Å². The van der Waals surface area contributed by atoms with E-state index >= 15 is 8.42 Å². The quantitative estimate of drug-likeness (QED) is 0.0936. The number of hydrogen-bond acceptors (Lipinski definition) is 15. The minimum absolute atomic E-state index is 0.0101. The van der Waals surface area contributed by atoms with Crippen LogP contribution in [-0.4, -0.2) is 124 Å². The van der Waals surface area contributed by atoms with Gasteiger partial charge in [-0.05, 0) is 111 Å². The molecule has 8 heterocycles. The Morgan fingerprint density at radius 3 is 2.46 bits per heavy atom. The number of benzene rings is 3. The molecular formula is C52H58N8O10S. The number of nitrogens with two attached hydrogens (primary N) is 1. The number of aromatic nitrogens is 2. The molecular weight excluding hydrogens is 929 g/mol. The number of nitrogens with one attached hydrogen (secondary N) is 2. The van der Waals surface area contributed by atoms with E-state index in [0.717, 1.165) is 43.7 Å². The molecule has 8 aliphatic rings. The van der Waals surface area contributed by atoms with Crippen molar-refractivity contribution in [2.75, 3.05) is 74.4 Å². The van der Waals surface area contributed by atoms with Gasteiger partial charge >= 0.3 is 0 Å². The number of nitro groups is 1. The Labute approximate surface area is 411 Å². The second-order valence-electron chi connectivity index (χ2n) is 20.8. The molecule has 2 aromatic heterocycles. The van der Waals surface area contributed by atoms with Crippen LogP contribution in [0, 0.1) is 15.5 Å². The van der Waals surface area contributed by atoms with E-state index in [9.17, 15) is 14.9 Å². The first-order valence-corrected chi connectivity index (χ1v) is 26.8. The van der Waals surface area contributed by atoms with E-state index in [1.807, 2.05) is 17.0 Å². The SMILES string of the molecule is NC(=O)c1ccc(N2CCC3(CC2)CC(N2CCC[C@H]2c2ccccc2C2CC2)C3)c(S(=O)(=O)c2cc3c(c([N+](=O)[O-])c2)N[C@H]([C@H]2COCCO2)CO3)c1N1c2cc3cc[nH]c3nc2O[C@H]2COCC[C@@H]21. The average molecular weight is 987 g/mol. The summed E-state index contributed by atoms with van der Waals surface area (Å²) in [5.74, 6) is 0.100. The second-order valence-corrected chi connectivity index (χ2v) is 22.7. The number of aromatic amines is 1. The molecule has 18 nitrogen and oxygen atoms in total. The van der Waals surface area contributed by atoms with Gasteiger partial charge in [-0.25, -0.2) is 8.42 Å². The van der Waals surface area contributed by atoms with Crippen LogP contribution in [-0.2, 0) is 24.0 Å². The van der Waals surface area contributed by atoms with Crippen molar-refractivity contribution in [3.63, 3.8) is 0 Å². The molecule has 2 aliphatic carbocycles. The van der Waals surface area contributed by atoms with Crippen LogP contribution in [0.5, 0.6) is 11.6 Å². The summed E-state index contributed by atoms with van der Waals surface area (Å²) >= 11 is 0. The molecule has 1 spiro atoms. The second kappa shape index (κ2) is 17.4. The van der Waals surface area contributed by atoms with Crippen LogP contribution in [0.15, 0.2) is 76.7 Å². The molecule has 6 aliphatic heterocycles. The minimum atomic E-state index is -4.78. The van der Waals surface area contributed by atoms with Gasteiger partial charge in [-0.2, -0.15) is 4.98 Å². The first kappa shape index (κ1) is 44.9. The molecule has 0 unspecified atom stereocenters. The van der Waals surface area contributed by atoms with Crippen LogP contribution >= 0.6 is 0 Å². The van der Waals surface area contributed by atoms with Gasteiger partial charge in [-0.1, -0.05) is 24.3 Å². The van der Waals surface area contributed by atoms with Gasteiger partial charge in [0.1, 0.15) is 35.0 Å². The number of carbonyl (C=O) groups is 1. The monoisotopic (exact) mass is 986 g/mol. The van der Waals surface area contributed by atoms with Crippen molar-refractivity contribution in [3.8, 4) is 11.6 Å². The third-order valence-electron chi connectivity index (χ3n) is 16.7. The number of nitro benzene ring substituents is 1. The molecule has 1 amide bonds. The number of rotatable bonds is 10. The lowest BCUT2D eigenvalue weighted by molar-refractivity contribution is -0.384. The first-order chi connectivity index (χ1) is 34.5. The minimum Gasteiger partial charge on any atom is -0.489 e. The predicted molar refractivity (Wildman–Crippen MR) is 263 cm³/mol. The lowest BCUT2D eigenvalue weighted by Gasteiger charge is -2.56. The number of fused-ring (bicyclic) bond motifs is 4. The molecule has 19 heteroatoms. The molecule has 71 heavy (non-hydrogen) atoms. The van der Waals surface area contributed by atoms with Crippen LogP contribution < -0.4 is 30.3 Å². The zero-order valence-electron chi connectivity index (χ0n) is 39.4. The molecule has 2 saturated carbocycles. The van der Waals surface area contributed by atoms with Gasteiger partial charge in [-0.15, -0.1) is 0 Å². The number of piperidine rings is 1. The van der Waals surface area contributed by atoms with Crippen LogP contribution in [0.1, 0.15) is 91.2 Å². The Morgan fingerprint density at radius 1 is 0.887 bits per heavy atom. The molecule has 6 fully saturated rings. The van der Waals surface area contributed by atoms with E-state index in [1.54, 1.807) is 18.3 Å². The van der Waals surface area contributed by atoms with Gasteiger partial charge in [0, 0.05) is 55.5 Å². The summed E-state index contributed by atoms with van der Waals surface area (Å²) in [5, 5.41) is 17.0. The Balaban J connectivity index is 0.898. The lowest BCUT2D eigenvalue weighted by atomic mass is 9.59. The van der Waals surface area contributed by atoms with Crippen molar-refractivity contribution in [3.05, 3.63) is 93.7 Å². The Kier molecular flexibility index (Phi) is 11.0. The van der Waals surface area contributed by atoms with Crippen LogP contribution in [0.4, 0.5) is 28.4 Å². The molecule has 372 valence electrons. The number of amides is 1. The topological polar surface area (TPSA) is 217 Å². The summed E-state index contributed by atoms with van der Waals surface area (Å²) in [5.41, 5.74) is 10.5. The van der Waals surface area contributed by atoms with Crippen LogP contribution in [0.3, 0.4) is 0 Å².